The van der Waals surface area contributed by atoms with Crippen molar-refractivity contribution in [2.75, 3.05) is 13.7 Å². The van der Waals surface area contributed by atoms with Crippen LogP contribution in [0.25, 0.3) is 0 Å². The number of nitrogens with zero attached hydrogens (tertiary/aromatic N) is 1. The van der Waals surface area contributed by atoms with E-state index >= 15 is 0 Å². The molecule has 4 nitrogen and oxygen atoms in total. The predicted molar refractivity (Wildman–Crippen MR) is 86.9 cm³/mol. The molecule has 1 heterocycles. The lowest BCUT2D eigenvalue weighted by Crippen LogP contribution is -2.52. The number of carbonyl (C=O) groups is 1. The van der Waals surface area contributed by atoms with Gasteiger partial charge in [0.15, 0.2) is 11.6 Å². The van der Waals surface area contributed by atoms with E-state index in [0.717, 1.165) is 25.8 Å². The Kier molecular flexibility index (Phi) is 7.10. The molecule has 1 amide bonds. The van der Waals surface area contributed by atoms with Gasteiger partial charge < -0.3 is 15.4 Å². The molecule has 1 aromatic rings. The highest BCUT2D eigenvalue weighted by Gasteiger charge is 2.29. The lowest BCUT2D eigenvalue weighted by atomic mass is 9.96. The van der Waals surface area contributed by atoms with Crippen molar-refractivity contribution in [1.82, 2.24) is 4.90 Å². The summed E-state index contributed by atoms with van der Waals surface area (Å²) in [6, 6.07) is 4.69. The van der Waals surface area contributed by atoms with Crippen molar-refractivity contribution in [2.24, 2.45) is 5.73 Å². The number of benzene rings is 1. The fraction of sp³-hybridized carbons (Fsp3) is 0.562. The van der Waals surface area contributed by atoms with Crippen LogP contribution in [-0.4, -0.2) is 36.5 Å². The first kappa shape index (κ1) is 18.7. The standard InChI is InChI=1S/C16H23FN2O2.ClH/c1-11(18)14-5-3-4-8-19(14)16(20)10-12-6-7-15(21-2)13(17)9-12;/h6-7,9,11,14H,3-5,8,10,18H2,1-2H3;1H. The van der Waals surface area contributed by atoms with Crippen LogP contribution in [0.3, 0.4) is 0 Å². The molecule has 0 bridgehead atoms. The number of methoxy groups -OCH3 is 1. The number of piperidine rings is 1. The van der Waals surface area contributed by atoms with E-state index in [1.54, 1.807) is 12.1 Å². The summed E-state index contributed by atoms with van der Waals surface area (Å²) in [4.78, 5) is 14.3. The minimum absolute atomic E-state index is 0. The van der Waals surface area contributed by atoms with Crippen LogP contribution in [0.5, 0.6) is 5.75 Å². The normalized spacial score (nSPS) is 19.3. The largest absolute Gasteiger partial charge is 0.494 e. The van der Waals surface area contributed by atoms with Crippen LogP contribution >= 0.6 is 12.4 Å². The van der Waals surface area contributed by atoms with Crippen molar-refractivity contribution < 1.29 is 13.9 Å². The molecule has 22 heavy (non-hydrogen) atoms. The summed E-state index contributed by atoms with van der Waals surface area (Å²) >= 11 is 0. The Balaban J connectivity index is 0.00000242. The van der Waals surface area contributed by atoms with Gasteiger partial charge in [0.1, 0.15) is 0 Å². The summed E-state index contributed by atoms with van der Waals surface area (Å²) in [7, 11) is 1.42. The fourth-order valence-electron chi connectivity index (χ4n) is 2.91. The maximum atomic E-state index is 13.7. The first-order valence-corrected chi connectivity index (χ1v) is 7.40. The van der Waals surface area contributed by atoms with Crippen LogP contribution in [0.15, 0.2) is 18.2 Å². The average Bonchev–Trinajstić information content (AvgIpc) is 2.47. The highest BCUT2D eigenvalue weighted by Crippen LogP contribution is 2.22. The highest BCUT2D eigenvalue weighted by atomic mass is 35.5. The van der Waals surface area contributed by atoms with Crippen molar-refractivity contribution in [1.29, 1.82) is 0 Å². The van der Waals surface area contributed by atoms with Crippen LogP contribution in [-0.2, 0) is 11.2 Å². The molecule has 2 rings (SSSR count). The number of likely N-dealkylation sites (tertiary alicyclic amines) is 1. The summed E-state index contributed by atoms with van der Waals surface area (Å²) in [6.45, 7) is 2.67. The van der Waals surface area contributed by atoms with E-state index in [1.165, 1.54) is 13.2 Å². The molecule has 0 aromatic heterocycles. The van der Waals surface area contributed by atoms with Gasteiger partial charge in [0.2, 0.25) is 5.91 Å². The quantitative estimate of drug-likeness (QED) is 0.923. The van der Waals surface area contributed by atoms with Crippen LogP contribution in [0.2, 0.25) is 0 Å². The second kappa shape index (κ2) is 8.34. The topological polar surface area (TPSA) is 55.6 Å². The van der Waals surface area contributed by atoms with Crippen LogP contribution in [0.1, 0.15) is 31.7 Å². The maximum absolute atomic E-state index is 13.7. The first-order chi connectivity index (χ1) is 10.0. The molecular weight excluding hydrogens is 307 g/mol. The highest BCUT2D eigenvalue weighted by molar-refractivity contribution is 5.85. The number of carbonyl (C=O) groups excluding carboxylic acids is 1. The lowest BCUT2D eigenvalue weighted by Gasteiger charge is -2.38. The van der Waals surface area contributed by atoms with E-state index in [4.69, 9.17) is 10.5 Å². The molecule has 1 aromatic carbocycles. The zero-order valence-corrected chi connectivity index (χ0v) is 13.9. The summed E-state index contributed by atoms with van der Waals surface area (Å²) in [5.41, 5.74) is 6.64. The Hall–Kier alpha value is -1.33. The summed E-state index contributed by atoms with van der Waals surface area (Å²) < 4.78 is 18.6. The number of ether oxygens (including phenoxy) is 1. The van der Waals surface area contributed by atoms with E-state index in [0.29, 0.717) is 5.56 Å². The van der Waals surface area contributed by atoms with Crippen LogP contribution in [0, 0.1) is 5.82 Å². The summed E-state index contributed by atoms with van der Waals surface area (Å²) in [6.07, 6.45) is 3.25. The third-order valence-corrected chi connectivity index (χ3v) is 4.05. The second-order valence-electron chi connectivity index (χ2n) is 5.66. The van der Waals surface area contributed by atoms with Crippen molar-refractivity contribution in [3.63, 3.8) is 0 Å². The van der Waals surface area contributed by atoms with Crippen molar-refractivity contribution in [3.05, 3.63) is 29.6 Å². The Morgan fingerprint density at radius 2 is 2.23 bits per heavy atom. The number of halogens is 2. The van der Waals surface area contributed by atoms with E-state index in [2.05, 4.69) is 0 Å². The van der Waals surface area contributed by atoms with Gasteiger partial charge in [-0.05, 0) is 43.9 Å². The van der Waals surface area contributed by atoms with Crippen LogP contribution in [0.4, 0.5) is 4.39 Å². The Morgan fingerprint density at radius 3 is 2.82 bits per heavy atom. The maximum Gasteiger partial charge on any atom is 0.227 e. The molecule has 2 N–H and O–H groups in total. The van der Waals surface area contributed by atoms with Gasteiger partial charge in [0.05, 0.1) is 13.5 Å². The van der Waals surface area contributed by atoms with Gasteiger partial charge in [-0.2, -0.15) is 0 Å². The second-order valence-corrected chi connectivity index (χ2v) is 5.66. The molecule has 0 radical (unpaired) electrons. The molecule has 1 aliphatic heterocycles. The monoisotopic (exact) mass is 330 g/mol. The number of hydrogen-bond acceptors (Lipinski definition) is 3. The molecule has 6 heteroatoms. The SMILES string of the molecule is COc1ccc(CC(=O)N2CCCCC2C(C)N)cc1F.Cl. The molecule has 124 valence electrons. The van der Waals surface area contributed by atoms with Gasteiger partial charge in [-0.25, -0.2) is 4.39 Å². The van der Waals surface area contributed by atoms with Gasteiger partial charge in [-0.1, -0.05) is 6.07 Å². The Morgan fingerprint density at radius 1 is 1.50 bits per heavy atom. The number of hydrogen-bond donors (Lipinski definition) is 1. The van der Waals surface area contributed by atoms with Gasteiger partial charge in [-0.15, -0.1) is 12.4 Å². The lowest BCUT2D eigenvalue weighted by molar-refractivity contribution is -0.134. The number of amides is 1. The third kappa shape index (κ3) is 4.34. The minimum Gasteiger partial charge on any atom is -0.494 e. The molecule has 2 unspecified atom stereocenters. The first-order valence-electron chi connectivity index (χ1n) is 7.40. The number of rotatable bonds is 4. The Bertz CT molecular complexity index is 511. The summed E-state index contributed by atoms with van der Waals surface area (Å²) in [5.74, 6) is -0.232. The molecule has 0 spiro atoms. The molecule has 0 saturated carbocycles. The molecular formula is C16H24ClFN2O2. The minimum atomic E-state index is -0.440. The fourth-order valence-corrected chi connectivity index (χ4v) is 2.91. The molecule has 1 aliphatic rings. The van der Waals surface area contributed by atoms with Crippen LogP contribution < -0.4 is 10.5 Å². The van der Waals surface area contributed by atoms with Gasteiger partial charge in [-0.3, -0.25) is 4.79 Å². The molecule has 0 aliphatic carbocycles. The smallest absolute Gasteiger partial charge is 0.227 e. The molecule has 1 fully saturated rings. The van der Waals surface area contributed by atoms with Gasteiger partial charge in [0, 0.05) is 18.6 Å². The third-order valence-electron chi connectivity index (χ3n) is 4.05. The van der Waals surface area contributed by atoms with Gasteiger partial charge in [0.25, 0.3) is 0 Å². The van der Waals surface area contributed by atoms with E-state index in [-0.39, 0.29) is 42.6 Å². The predicted octanol–water partition coefficient (Wildman–Crippen LogP) is 2.53. The molecule has 2 atom stereocenters. The van der Waals surface area contributed by atoms with Gasteiger partial charge >= 0.3 is 0 Å². The zero-order chi connectivity index (χ0) is 15.4. The van der Waals surface area contributed by atoms with Crippen molar-refractivity contribution in [2.45, 2.75) is 44.7 Å². The van der Waals surface area contributed by atoms with Crippen molar-refractivity contribution >= 4 is 18.3 Å². The summed E-state index contributed by atoms with van der Waals surface area (Å²) in [5, 5.41) is 0. The van der Waals surface area contributed by atoms with E-state index in [1.807, 2.05) is 11.8 Å². The Labute approximate surface area is 137 Å². The van der Waals surface area contributed by atoms with Crippen molar-refractivity contribution in [3.8, 4) is 5.75 Å². The zero-order valence-electron chi connectivity index (χ0n) is 13.0. The van der Waals surface area contributed by atoms with E-state index < -0.39 is 5.82 Å². The average molecular weight is 331 g/mol. The van der Waals surface area contributed by atoms with E-state index in [9.17, 15) is 9.18 Å². The number of nitrogens with two attached hydrogens (primary N) is 1. The molecule has 1 saturated heterocycles.